The molecule has 0 N–H and O–H groups in total. The number of para-hydroxylation sites is 1. The Morgan fingerprint density at radius 1 is 1.20 bits per heavy atom. The van der Waals surface area contributed by atoms with Crippen LogP contribution in [0.5, 0.6) is 0 Å². The summed E-state index contributed by atoms with van der Waals surface area (Å²) in [5, 5.41) is 4.39. The second kappa shape index (κ2) is 7.44. The third kappa shape index (κ3) is 3.63. The van der Waals surface area contributed by atoms with Crippen LogP contribution in [-0.2, 0) is 18.0 Å². The van der Waals surface area contributed by atoms with Gasteiger partial charge in [-0.2, -0.15) is 5.10 Å². The minimum atomic E-state index is -0.726. The minimum Gasteiger partial charge on any atom is -0.368 e. The highest BCUT2D eigenvalue weighted by Crippen LogP contribution is 2.22. The van der Waals surface area contributed by atoms with Crippen LogP contribution in [0.2, 0.25) is 5.02 Å². The topological polar surface area (TPSA) is 41.4 Å². The van der Waals surface area contributed by atoms with Crippen LogP contribution in [0, 0.1) is 13.8 Å². The number of piperazine rings is 1. The minimum absolute atomic E-state index is 0.0166. The van der Waals surface area contributed by atoms with E-state index < -0.39 is 6.67 Å². The van der Waals surface area contributed by atoms with Crippen molar-refractivity contribution in [2.45, 2.75) is 27.1 Å². The monoisotopic (exact) mass is 364 g/mol. The van der Waals surface area contributed by atoms with Gasteiger partial charge >= 0.3 is 0 Å². The smallest absolute Gasteiger partial charge is 0.244 e. The molecule has 25 heavy (non-hydrogen) atoms. The second-order valence-corrected chi connectivity index (χ2v) is 6.67. The average Bonchev–Trinajstić information content (AvgIpc) is 2.90. The first-order valence-corrected chi connectivity index (χ1v) is 8.75. The molecule has 3 rings (SSSR count). The number of hydrogen-bond acceptors (Lipinski definition) is 3. The highest BCUT2D eigenvalue weighted by atomic mass is 35.5. The van der Waals surface area contributed by atoms with E-state index in [-0.39, 0.29) is 18.1 Å². The van der Waals surface area contributed by atoms with E-state index in [1.807, 2.05) is 17.0 Å². The molecule has 5 nitrogen and oxygen atoms in total. The molecule has 0 atom stereocenters. The first-order chi connectivity index (χ1) is 12.0. The Labute approximate surface area is 152 Å². The number of nitrogens with zero attached hydrogens (tertiary/aromatic N) is 4. The van der Waals surface area contributed by atoms with E-state index in [9.17, 15) is 9.18 Å². The first kappa shape index (κ1) is 17.7. The van der Waals surface area contributed by atoms with Crippen molar-refractivity contribution in [3.63, 3.8) is 0 Å². The van der Waals surface area contributed by atoms with E-state index in [1.165, 1.54) is 15.9 Å². The molecule has 1 fully saturated rings. The number of amides is 1. The standard InChI is InChI=1S/C18H22ClFN4O/c1-13-5-3-4-6-16(13)22-7-9-23(10-8-22)17(25)12-24-14(2)18(19)15(11-20)21-24/h3-6H,7-12H2,1-2H3. The van der Waals surface area contributed by atoms with Crippen molar-refractivity contribution in [2.75, 3.05) is 31.1 Å². The average molecular weight is 365 g/mol. The fourth-order valence-corrected chi connectivity index (χ4v) is 3.36. The number of alkyl halides is 1. The highest BCUT2D eigenvalue weighted by molar-refractivity contribution is 6.31. The molecular weight excluding hydrogens is 343 g/mol. The zero-order valence-corrected chi connectivity index (χ0v) is 15.3. The van der Waals surface area contributed by atoms with Gasteiger partial charge in [0.1, 0.15) is 18.9 Å². The first-order valence-electron chi connectivity index (χ1n) is 8.37. The summed E-state index contributed by atoms with van der Waals surface area (Å²) < 4.78 is 14.3. The maximum atomic E-state index is 12.8. The van der Waals surface area contributed by atoms with Gasteiger partial charge in [-0.1, -0.05) is 29.8 Å². The summed E-state index contributed by atoms with van der Waals surface area (Å²) in [5.41, 5.74) is 3.28. The molecule has 134 valence electrons. The molecule has 0 unspecified atom stereocenters. The molecular formula is C18H22ClFN4O. The predicted octanol–water partition coefficient (Wildman–Crippen LogP) is 2.97. The summed E-state index contributed by atoms with van der Waals surface area (Å²) >= 11 is 6.03. The summed E-state index contributed by atoms with van der Waals surface area (Å²) in [4.78, 5) is 16.7. The van der Waals surface area contributed by atoms with Gasteiger partial charge in [0.2, 0.25) is 5.91 Å². The Hall–Kier alpha value is -2.08. The van der Waals surface area contributed by atoms with Gasteiger partial charge in [-0.3, -0.25) is 9.48 Å². The van der Waals surface area contributed by atoms with Crippen LogP contribution in [0.3, 0.4) is 0 Å². The van der Waals surface area contributed by atoms with Crippen LogP contribution in [0.15, 0.2) is 24.3 Å². The summed E-state index contributed by atoms with van der Waals surface area (Å²) in [7, 11) is 0. The second-order valence-electron chi connectivity index (χ2n) is 6.29. The van der Waals surface area contributed by atoms with Crippen molar-refractivity contribution >= 4 is 23.2 Å². The molecule has 1 amide bonds. The van der Waals surface area contributed by atoms with Gasteiger partial charge in [-0.05, 0) is 25.5 Å². The van der Waals surface area contributed by atoms with Gasteiger partial charge in [0, 0.05) is 31.9 Å². The van der Waals surface area contributed by atoms with Crippen LogP contribution in [-0.4, -0.2) is 46.8 Å². The maximum absolute atomic E-state index is 12.8. The van der Waals surface area contributed by atoms with E-state index in [4.69, 9.17) is 11.6 Å². The number of carbonyl (C=O) groups excluding carboxylic acids is 1. The van der Waals surface area contributed by atoms with Crippen LogP contribution in [0.25, 0.3) is 0 Å². The largest absolute Gasteiger partial charge is 0.368 e. The molecule has 0 saturated carbocycles. The van der Waals surface area contributed by atoms with Crippen LogP contribution in [0.1, 0.15) is 17.0 Å². The van der Waals surface area contributed by atoms with E-state index >= 15 is 0 Å². The summed E-state index contributed by atoms with van der Waals surface area (Å²) in [6, 6.07) is 8.27. The lowest BCUT2D eigenvalue weighted by Crippen LogP contribution is -2.49. The van der Waals surface area contributed by atoms with Crippen molar-refractivity contribution in [2.24, 2.45) is 0 Å². The Kier molecular flexibility index (Phi) is 5.27. The fraction of sp³-hybridized carbons (Fsp3) is 0.444. The number of aryl methyl sites for hydroxylation is 1. The zero-order valence-electron chi connectivity index (χ0n) is 14.5. The fourth-order valence-electron chi connectivity index (χ4n) is 3.17. The molecule has 0 spiro atoms. The van der Waals surface area contributed by atoms with Gasteiger partial charge in [-0.15, -0.1) is 0 Å². The molecule has 1 aromatic heterocycles. The van der Waals surface area contributed by atoms with Crippen molar-refractivity contribution in [3.05, 3.63) is 46.2 Å². The van der Waals surface area contributed by atoms with Gasteiger partial charge < -0.3 is 9.80 Å². The Bertz CT molecular complexity index is 768. The highest BCUT2D eigenvalue weighted by Gasteiger charge is 2.23. The number of aromatic nitrogens is 2. The summed E-state index contributed by atoms with van der Waals surface area (Å²) in [5.74, 6) is -0.0166. The number of carbonyl (C=O) groups is 1. The van der Waals surface area contributed by atoms with Gasteiger partial charge in [0.25, 0.3) is 0 Å². The van der Waals surface area contributed by atoms with Gasteiger partial charge in [0.05, 0.1) is 10.7 Å². The Balaban J connectivity index is 1.61. The molecule has 1 aliphatic rings. The van der Waals surface area contributed by atoms with E-state index in [0.29, 0.717) is 23.8 Å². The molecule has 2 aromatic rings. The molecule has 1 saturated heterocycles. The van der Waals surface area contributed by atoms with Crippen LogP contribution < -0.4 is 4.90 Å². The van der Waals surface area contributed by atoms with E-state index in [0.717, 1.165) is 13.1 Å². The lowest BCUT2D eigenvalue weighted by Gasteiger charge is -2.36. The molecule has 0 radical (unpaired) electrons. The lowest BCUT2D eigenvalue weighted by molar-refractivity contribution is -0.132. The third-order valence-corrected chi connectivity index (χ3v) is 5.19. The zero-order chi connectivity index (χ0) is 18.0. The maximum Gasteiger partial charge on any atom is 0.244 e. The predicted molar refractivity (Wildman–Crippen MR) is 96.8 cm³/mol. The van der Waals surface area contributed by atoms with Crippen molar-refractivity contribution in [3.8, 4) is 0 Å². The molecule has 0 bridgehead atoms. The number of halogens is 2. The van der Waals surface area contributed by atoms with Crippen LogP contribution >= 0.6 is 11.6 Å². The summed E-state index contributed by atoms with van der Waals surface area (Å²) in [6.45, 7) is 6.13. The van der Waals surface area contributed by atoms with Crippen molar-refractivity contribution < 1.29 is 9.18 Å². The molecule has 1 aliphatic heterocycles. The van der Waals surface area contributed by atoms with Gasteiger partial charge in [-0.25, -0.2) is 4.39 Å². The lowest BCUT2D eigenvalue weighted by atomic mass is 10.1. The van der Waals surface area contributed by atoms with E-state index in [1.54, 1.807) is 6.92 Å². The van der Waals surface area contributed by atoms with Crippen molar-refractivity contribution in [1.29, 1.82) is 0 Å². The Morgan fingerprint density at radius 2 is 1.88 bits per heavy atom. The normalized spacial score (nSPS) is 14.9. The molecule has 2 heterocycles. The molecule has 7 heteroatoms. The molecule has 0 aliphatic carbocycles. The van der Waals surface area contributed by atoms with Crippen molar-refractivity contribution in [1.82, 2.24) is 14.7 Å². The number of hydrogen-bond donors (Lipinski definition) is 0. The quantitative estimate of drug-likeness (QED) is 0.837. The SMILES string of the molecule is Cc1ccccc1N1CCN(C(=O)Cn2nc(CF)c(Cl)c2C)CC1. The number of rotatable bonds is 4. The van der Waals surface area contributed by atoms with Gasteiger partial charge in [0.15, 0.2) is 0 Å². The third-order valence-electron chi connectivity index (χ3n) is 4.70. The molecule has 1 aromatic carbocycles. The number of anilines is 1. The van der Waals surface area contributed by atoms with Crippen LogP contribution in [0.4, 0.5) is 10.1 Å². The number of benzene rings is 1. The van der Waals surface area contributed by atoms with E-state index in [2.05, 4.69) is 29.1 Å². The summed E-state index contributed by atoms with van der Waals surface area (Å²) in [6.07, 6.45) is 0. The Morgan fingerprint density at radius 3 is 2.48 bits per heavy atom.